The summed E-state index contributed by atoms with van der Waals surface area (Å²) >= 11 is 0. The summed E-state index contributed by atoms with van der Waals surface area (Å²) < 4.78 is 5.46. The maximum absolute atomic E-state index is 10.9. The van der Waals surface area contributed by atoms with E-state index >= 15 is 0 Å². The Morgan fingerprint density at radius 3 is 2.48 bits per heavy atom. The van der Waals surface area contributed by atoms with Gasteiger partial charge >= 0.3 is 5.97 Å². The summed E-state index contributed by atoms with van der Waals surface area (Å²) in [5, 5.41) is 13.0. The van der Waals surface area contributed by atoms with Crippen LogP contribution in [0.25, 0.3) is 11.4 Å². The van der Waals surface area contributed by atoms with Gasteiger partial charge in [0.2, 0.25) is 11.7 Å². The number of carboxylic acids is 1. The first-order valence-corrected chi connectivity index (χ1v) is 7.26. The fraction of sp³-hybridized carbons (Fsp3) is 0.438. The van der Waals surface area contributed by atoms with Crippen molar-refractivity contribution in [3.05, 3.63) is 35.7 Å². The summed E-state index contributed by atoms with van der Waals surface area (Å²) in [6.07, 6.45) is 5.81. The van der Waals surface area contributed by atoms with E-state index in [0.29, 0.717) is 11.7 Å². The number of aromatic nitrogens is 2. The molecule has 0 radical (unpaired) electrons. The molecule has 1 fully saturated rings. The number of nitrogens with zero attached hydrogens (tertiary/aromatic N) is 2. The van der Waals surface area contributed by atoms with Crippen LogP contribution in [0, 0.1) is 0 Å². The summed E-state index contributed by atoms with van der Waals surface area (Å²) in [7, 11) is 0. The number of carboxylic acid groups (broad SMARTS) is 1. The minimum Gasteiger partial charge on any atom is -0.478 e. The van der Waals surface area contributed by atoms with Crippen LogP contribution >= 0.6 is 0 Å². The van der Waals surface area contributed by atoms with Crippen molar-refractivity contribution in [1.82, 2.24) is 10.1 Å². The third-order valence-electron chi connectivity index (χ3n) is 4.29. The third-order valence-corrected chi connectivity index (χ3v) is 4.29. The Morgan fingerprint density at radius 2 is 1.86 bits per heavy atom. The highest BCUT2D eigenvalue weighted by Gasteiger charge is 2.34. The highest BCUT2D eigenvalue weighted by atomic mass is 16.5. The molecule has 1 aliphatic rings. The van der Waals surface area contributed by atoms with Gasteiger partial charge in [0, 0.05) is 11.0 Å². The van der Waals surface area contributed by atoms with Crippen LogP contribution in [0.1, 0.15) is 55.3 Å². The molecule has 0 aliphatic heterocycles. The molecule has 5 nitrogen and oxygen atoms in total. The average molecular weight is 286 g/mol. The summed E-state index contributed by atoms with van der Waals surface area (Å²) in [4.78, 5) is 15.4. The van der Waals surface area contributed by atoms with Gasteiger partial charge in [0.15, 0.2) is 0 Å². The van der Waals surface area contributed by atoms with E-state index in [2.05, 4.69) is 17.1 Å². The predicted octanol–water partition coefficient (Wildman–Crippen LogP) is 3.66. The van der Waals surface area contributed by atoms with Gasteiger partial charge in [-0.2, -0.15) is 4.98 Å². The van der Waals surface area contributed by atoms with Crippen molar-refractivity contribution in [1.29, 1.82) is 0 Å². The molecule has 3 rings (SSSR count). The van der Waals surface area contributed by atoms with Crippen LogP contribution in [-0.4, -0.2) is 21.2 Å². The number of carbonyl (C=O) groups is 1. The molecule has 0 saturated heterocycles. The molecule has 1 aromatic carbocycles. The summed E-state index contributed by atoms with van der Waals surface area (Å²) in [6, 6.07) is 6.52. The van der Waals surface area contributed by atoms with E-state index in [1.165, 1.54) is 19.3 Å². The molecule has 1 heterocycles. The fourth-order valence-corrected chi connectivity index (χ4v) is 2.89. The molecule has 1 aliphatic carbocycles. The first-order valence-electron chi connectivity index (χ1n) is 7.26. The highest BCUT2D eigenvalue weighted by molar-refractivity contribution is 5.88. The van der Waals surface area contributed by atoms with Crippen LogP contribution in [0.3, 0.4) is 0 Å². The van der Waals surface area contributed by atoms with E-state index in [9.17, 15) is 4.79 Å². The molecule has 5 heteroatoms. The SMILES string of the molecule is CC1(c2nc(-c3ccc(C(=O)O)cc3)no2)CCCCC1. The monoisotopic (exact) mass is 286 g/mol. The Labute approximate surface area is 123 Å². The van der Waals surface area contributed by atoms with Gasteiger partial charge < -0.3 is 9.63 Å². The van der Waals surface area contributed by atoms with Crippen LogP contribution in [0.4, 0.5) is 0 Å². The lowest BCUT2D eigenvalue weighted by Crippen LogP contribution is -2.25. The minimum atomic E-state index is -0.940. The zero-order chi connectivity index (χ0) is 14.9. The van der Waals surface area contributed by atoms with Crippen molar-refractivity contribution in [3.8, 4) is 11.4 Å². The van der Waals surface area contributed by atoms with E-state index in [4.69, 9.17) is 9.63 Å². The fourth-order valence-electron chi connectivity index (χ4n) is 2.89. The van der Waals surface area contributed by atoms with Gasteiger partial charge in [-0.3, -0.25) is 0 Å². The maximum Gasteiger partial charge on any atom is 0.335 e. The summed E-state index contributed by atoms with van der Waals surface area (Å²) in [5.74, 6) is 0.276. The van der Waals surface area contributed by atoms with E-state index in [0.717, 1.165) is 18.4 Å². The van der Waals surface area contributed by atoms with Crippen molar-refractivity contribution >= 4 is 5.97 Å². The summed E-state index contributed by atoms with van der Waals surface area (Å²) in [5.41, 5.74) is 1.00. The van der Waals surface area contributed by atoms with Crippen molar-refractivity contribution < 1.29 is 14.4 Å². The second kappa shape index (κ2) is 5.31. The normalized spacial score (nSPS) is 17.6. The van der Waals surface area contributed by atoms with E-state index in [1.807, 2.05) is 0 Å². The van der Waals surface area contributed by atoms with Gasteiger partial charge in [-0.15, -0.1) is 0 Å². The van der Waals surface area contributed by atoms with E-state index in [-0.39, 0.29) is 11.0 Å². The first-order chi connectivity index (χ1) is 10.1. The molecule has 110 valence electrons. The first kappa shape index (κ1) is 13.8. The van der Waals surface area contributed by atoms with Crippen LogP contribution in [-0.2, 0) is 5.41 Å². The largest absolute Gasteiger partial charge is 0.478 e. The Balaban J connectivity index is 1.85. The lowest BCUT2D eigenvalue weighted by atomic mass is 9.75. The molecule has 0 amide bonds. The third kappa shape index (κ3) is 2.68. The summed E-state index contributed by atoms with van der Waals surface area (Å²) in [6.45, 7) is 2.18. The Kier molecular flexibility index (Phi) is 3.49. The zero-order valence-corrected chi connectivity index (χ0v) is 12.0. The van der Waals surface area contributed by atoms with Crippen molar-refractivity contribution in [2.24, 2.45) is 0 Å². The molecule has 21 heavy (non-hydrogen) atoms. The average Bonchev–Trinajstić information content (AvgIpc) is 2.99. The van der Waals surface area contributed by atoms with Gasteiger partial charge in [0.25, 0.3) is 0 Å². The second-order valence-corrected chi connectivity index (χ2v) is 5.93. The van der Waals surface area contributed by atoms with Gasteiger partial charge in [0.1, 0.15) is 0 Å². The Bertz CT molecular complexity index is 640. The molecule has 1 saturated carbocycles. The molecule has 2 aromatic rings. The molecule has 0 atom stereocenters. The molecular weight excluding hydrogens is 268 g/mol. The van der Waals surface area contributed by atoms with Crippen LogP contribution in [0.15, 0.2) is 28.8 Å². The van der Waals surface area contributed by atoms with E-state index in [1.54, 1.807) is 24.3 Å². The van der Waals surface area contributed by atoms with Gasteiger partial charge in [-0.1, -0.05) is 43.5 Å². The number of aromatic carboxylic acids is 1. The molecule has 0 spiro atoms. The van der Waals surface area contributed by atoms with Crippen molar-refractivity contribution in [2.45, 2.75) is 44.4 Å². The van der Waals surface area contributed by atoms with Crippen molar-refractivity contribution in [3.63, 3.8) is 0 Å². The van der Waals surface area contributed by atoms with Crippen LogP contribution < -0.4 is 0 Å². The Morgan fingerprint density at radius 1 is 1.19 bits per heavy atom. The maximum atomic E-state index is 10.9. The van der Waals surface area contributed by atoms with Crippen LogP contribution in [0.5, 0.6) is 0 Å². The smallest absolute Gasteiger partial charge is 0.335 e. The quantitative estimate of drug-likeness (QED) is 0.931. The van der Waals surface area contributed by atoms with Crippen LogP contribution in [0.2, 0.25) is 0 Å². The number of rotatable bonds is 3. The number of hydrogen-bond donors (Lipinski definition) is 1. The number of hydrogen-bond acceptors (Lipinski definition) is 4. The second-order valence-electron chi connectivity index (χ2n) is 5.93. The lowest BCUT2D eigenvalue weighted by Gasteiger charge is -2.29. The standard InChI is InChI=1S/C16H18N2O3/c1-16(9-3-2-4-10-16)15-17-13(18-21-15)11-5-7-12(8-6-11)14(19)20/h5-8H,2-4,9-10H2,1H3,(H,19,20). The molecular formula is C16H18N2O3. The lowest BCUT2D eigenvalue weighted by molar-refractivity contribution is 0.0697. The van der Waals surface area contributed by atoms with Gasteiger partial charge in [-0.25, -0.2) is 4.79 Å². The Hall–Kier alpha value is -2.17. The van der Waals surface area contributed by atoms with E-state index < -0.39 is 5.97 Å². The predicted molar refractivity (Wildman–Crippen MR) is 77.1 cm³/mol. The molecule has 0 bridgehead atoms. The highest BCUT2D eigenvalue weighted by Crippen LogP contribution is 2.38. The van der Waals surface area contributed by atoms with Gasteiger partial charge in [-0.05, 0) is 25.0 Å². The molecule has 0 unspecified atom stereocenters. The van der Waals surface area contributed by atoms with Gasteiger partial charge in [0.05, 0.1) is 5.56 Å². The number of benzene rings is 1. The zero-order valence-electron chi connectivity index (χ0n) is 12.0. The molecule has 1 N–H and O–H groups in total. The molecule has 1 aromatic heterocycles. The van der Waals surface area contributed by atoms with Crippen molar-refractivity contribution in [2.75, 3.05) is 0 Å². The minimum absolute atomic E-state index is 0.0233. The topological polar surface area (TPSA) is 76.2 Å².